The summed E-state index contributed by atoms with van der Waals surface area (Å²) in [6.45, 7) is 3.42. The smallest absolute Gasteiger partial charge is 0.346 e. The molecule has 2 N–H and O–H groups in total. The van der Waals surface area contributed by atoms with E-state index in [1.54, 1.807) is 11.0 Å². The summed E-state index contributed by atoms with van der Waals surface area (Å²) in [4.78, 5) is 36.5. The van der Waals surface area contributed by atoms with Crippen molar-refractivity contribution in [2.75, 3.05) is 63.1 Å². The minimum Gasteiger partial charge on any atom is -0.461 e. The predicted molar refractivity (Wildman–Crippen MR) is 189 cm³/mol. The molecule has 272 valence electrons. The molecule has 52 heavy (non-hydrogen) atoms. The van der Waals surface area contributed by atoms with Crippen molar-refractivity contribution in [3.8, 4) is 17.1 Å². The van der Waals surface area contributed by atoms with E-state index in [1.165, 1.54) is 29.5 Å². The third kappa shape index (κ3) is 5.59. The molecule has 13 nitrogen and oxygen atoms in total. The van der Waals surface area contributed by atoms with Crippen molar-refractivity contribution in [3.63, 3.8) is 0 Å². The molecule has 1 spiro atoms. The number of hydrogen-bond donors (Lipinski definition) is 1. The van der Waals surface area contributed by atoms with Crippen LogP contribution in [0.15, 0.2) is 30.9 Å². The topological polar surface area (TPSA) is 141 Å². The molecule has 1 amide bonds. The van der Waals surface area contributed by atoms with Crippen molar-refractivity contribution < 1.29 is 27.4 Å². The maximum absolute atomic E-state index is 17.0. The quantitative estimate of drug-likeness (QED) is 0.250. The lowest BCUT2D eigenvalue weighted by Crippen LogP contribution is -2.58. The number of nitrogens with two attached hydrogens (primary N) is 1. The molecule has 4 aliphatic rings. The average molecular weight is 755 g/mol. The van der Waals surface area contributed by atoms with Crippen molar-refractivity contribution in [1.82, 2.24) is 39.5 Å². The number of benzene rings is 2. The van der Waals surface area contributed by atoms with Gasteiger partial charge in [-0.2, -0.15) is 19.7 Å². The van der Waals surface area contributed by atoms with Crippen LogP contribution in [0.1, 0.15) is 32.1 Å². The average Bonchev–Trinajstić information content (AvgIpc) is 3.93. The normalized spacial score (nSPS) is 23.3. The fourth-order valence-electron chi connectivity index (χ4n) is 8.44. The number of hydrogen-bond acceptors (Lipinski definition) is 12. The van der Waals surface area contributed by atoms with Crippen LogP contribution in [0, 0.1) is 11.6 Å². The van der Waals surface area contributed by atoms with E-state index < -0.39 is 28.9 Å². The Balaban J connectivity index is 1.08. The molecule has 0 bridgehead atoms. The number of rotatable bonds is 5. The minimum absolute atomic E-state index is 0.00188. The molecule has 3 aromatic heterocycles. The number of amides is 1. The van der Waals surface area contributed by atoms with Crippen molar-refractivity contribution >= 4 is 61.0 Å². The van der Waals surface area contributed by atoms with Gasteiger partial charge in [0.2, 0.25) is 0 Å². The fraction of sp³-hybridized carbons (Fsp3) is 0.471. The second-order valence-electron chi connectivity index (χ2n) is 14.0. The molecule has 2 atom stereocenters. The summed E-state index contributed by atoms with van der Waals surface area (Å²) in [6.07, 6.45) is 4.92. The van der Waals surface area contributed by atoms with Crippen LogP contribution in [0.25, 0.3) is 32.2 Å². The van der Waals surface area contributed by atoms with Gasteiger partial charge >= 0.3 is 12.0 Å². The summed E-state index contributed by atoms with van der Waals surface area (Å²) < 4.78 is 60.3. The molecule has 4 aliphatic heterocycles. The van der Waals surface area contributed by atoms with Crippen LogP contribution in [-0.2, 0) is 4.74 Å². The fourth-order valence-corrected chi connectivity index (χ4v) is 9.50. The first-order valence-electron chi connectivity index (χ1n) is 17.2. The number of carbonyl (C=O) groups excluding carboxylic acids is 1. The van der Waals surface area contributed by atoms with Crippen LogP contribution in [0.3, 0.4) is 0 Å². The number of ether oxygens (including phenoxy) is 2. The molecule has 9 rings (SSSR count). The first kappa shape index (κ1) is 33.5. The summed E-state index contributed by atoms with van der Waals surface area (Å²) in [5.41, 5.74) is 5.30. The number of piperidine rings is 1. The van der Waals surface area contributed by atoms with Crippen LogP contribution in [0.5, 0.6) is 6.01 Å². The second-order valence-corrected chi connectivity index (χ2v) is 15.5. The number of halogens is 4. The Hall–Kier alpha value is -4.32. The summed E-state index contributed by atoms with van der Waals surface area (Å²) >= 11 is 7.83. The number of alkyl halides is 1. The monoisotopic (exact) mass is 754 g/mol. The van der Waals surface area contributed by atoms with Gasteiger partial charge in [-0.3, -0.25) is 4.90 Å². The summed E-state index contributed by atoms with van der Waals surface area (Å²) in [5, 5.41) is 4.55. The van der Waals surface area contributed by atoms with Crippen molar-refractivity contribution in [2.45, 2.75) is 49.4 Å². The maximum Gasteiger partial charge on any atom is 0.346 e. The molecule has 2 aromatic carbocycles. The lowest BCUT2D eigenvalue weighted by Gasteiger charge is -2.47. The van der Waals surface area contributed by atoms with Gasteiger partial charge in [0.05, 0.1) is 39.5 Å². The van der Waals surface area contributed by atoms with Crippen LogP contribution in [0.2, 0.25) is 5.02 Å². The van der Waals surface area contributed by atoms with E-state index in [9.17, 15) is 13.6 Å². The van der Waals surface area contributed by atoms with Gasteiger partial charge in [0.25, 0.3) is 0 Å². The third-order valence-electron chi connectivity index (χ3n) is 11.0. The molecule has 5 aromatic rings. The van der Waals surface area contributed by atoms with Crippen molar-refractivity contribution in [3.05, 3.63) is 47.5 Å². The number of morpholine rings is 1. The highest BCUT2D eigenvalue weighted by Gasteiger charge is 2.49. The van der Waals surface area contributed by atoms with Crippen LogP contribution in [0.4, 0.5) is 28.9 Å². The van der Waals surface area contributed by atoms with Crippen molar-refractivity contribution in [1.29, 1.82) is 0 Å². The van der Waals surface area contributed by atoms with E-state index in [-0.39, 0.29) is 55.7 Å². The van der Waals surface area contributed by atoms with Gasteiger partial charge in [0.15, 0.2) is 10.9 Å². The van der Waals surface area contributed by atoms with Gasteiger partial charge in [-0.05, 0) is 50.4 Å². The highest BCUT2D eigenvalue weighted by molar-refractivity contribution is 7.22. The van der Waals surface area contributed by atoms with E-state index >= 15 is 4.39 Å². The lowest BCUT2D eigenvalue weighted by molar-refractivity contribution is -0.110. The van der Waals surface area contributed by atoms with Gasteiger partial charge in [0, 0.05) is 49.1 Å². The molecule has 4 saturated heterocycles. The Labute approximate surface area is 304 Å². The molecular formula is C34H34ClF3N10O3S. The number of carbonyl (C=O) groups is 1. The summed E-state index contributed by atoms with van der Waals surface area (Å²) in [6, 6.07) is 3.96. The molecule has 0 saturated carbocycles. The zero-order chi connectivity index (χ0) is 35.8. The number of aromatic nitrogens is 6. The Morgan fingerprint density at radius 1 is 1.12 bits per heavy atom. The molecule has 18 heteroatoms. The SMILES string of the molecule is Nc1nc2c(-c3c(Cl)cc4c(N5CCC6(CC5)CN(C(=O)n5cncn5)CCO6)nc(OC[C@@]56CCCN5C[C@H](F)C6)nc4c3F)ccc(F)c2s1. The number of anilines is 2. The Morgan fingerprint density at radius 3 is 2.77 bits per heavy atom. The first-order valence-corrected chi connectivity index (χ1v) is 18.4. The van der Waals surface area contributed by atoms with E-state index in [4.69, 9.17) is 31.8 Å². The zero-order valence-electron chi connectivity index (χ0n) is 27.9. The summed E-state index contributed by atoms with van der Waals surface area (Å²) in [5.74, 6) is -0.845. The first-order chi connectivity index (χ1) is 25.1. The highest BCUT2D eigenvalue weighted by atomic mass is 35.5. The second kappa shape index (κ2) is 12.7. The molecular weight excluding hydrogens is 721 g/mol. The number of nitrogen functional groups attached to an aromatic ring is 1. The summed E-state index contributed by atoms with van der Waals surface area (Å²) in [7, 11) is 0. The van der Waals surface area contributed by atoms with Crippen molar-refractivity contribution in [2.24, 2.45) is 0 Å². The van der Waals surface area contributed by atoms with Crippen LogP contribution < -0.4 is 15.4 Å². The number of fused-ring (bicyclic) bond motifs is 3. The molecule has 7 heterocycles. The number of nitrogens with zero attached hydrogens (tertiary/aromatic N) is 9. The van der Waals surface area contributed by atoms with Crippen LogP contribution in [-0.4, -0.2) is 115 Å². The van der Waals surface area contributed by atoms with E-state index in [0.717, 1.165) is 30.7 Å². The molecule has 0 unspecified atom stereocenters. The predicted octanol–water partition coefficient (Wildman–Crippen LogP) is 5.31. The van der Waals surface area contributed by atoms with Gasteiger partial charge in [0.1, 0.15) is 42.6 Å². The van der Waals surface area contributed by atoms with Gasteiger partial charge in [-0.1, -0.05) is 22.9 Å². The lowest BCUT2D eigenvalue weighted by atomic mass is 9.89. The Bertz CT molecular complexity index is 2200. The minimum atomic E-state index is -0.948. The van der Waals surface area contributed by atoms with E-state index in [1.807, 2.05) is 4.90 Å². The van der Waals surface area contributed by atoms with Crippen LogP contribution >= 0.6 is 22.9 Å². The van der Waals surface area contributed by atoms with Gasteiger partial charge < -0.3 is 25.0 Å². The Morgan fingerprint density at radius 2 is 1.96 bits per heavy atom. The zero-order valence-corrected chi connectivity index (χ0v) is 29.5. The van der Waals surface area contributed by atoms with Gasteiger partial charge in [-0.15, -0.1) is 0 Å². The molecule has 0 aliphatic carbocycles. The Kier molecular flexibility index (Phi) is 8.17. The van der Waals surface area contributed by atoms with E-state index in [2.05, 4.69) is 25.0 Å². The number of thiazole rings is 1. The van der Waals surface area contributed by atoms with Gasteiger partial charge in [-0.25, -0.2) is 27.9 Å². The molecule has 0 radical (unpaired) electrons. The van der Waals surface area contributed by atoms with E-state index in [0.29, 0.717) is 69.8 Å². The largest absolute Gasteiger partial charge is 0.461 e. The maximum atomic E-state index is 17.0. The third-order valence-corrected chi connectivity index (χ3v) is 12.2. The molecule has 4 fully saturated rings. The standard InChI is InChI=1S/C34H34ClF3N10O3S/c35-22-12-21-26(25(38)24(22)20-2-3-23(37)28-27(20)42-30(39)52-28)43-31(50-16-33-4-1-7-47(33)14-19(36)13-33)44-29(21)45-8-5-34(6-9-45)15-46(10-11-51-34)32(49)48-18-40-17-41-48/h2-3,12,17-19H,1,4-11,13-16H2,(H2,39,42)/t19-,33+/m1/s1. The highest BCUT2D eigenvalue weighted by Crippen LogP contribution is 2.44.